The van der Waals surface area contributed by atoms with Crippen LogP contribution in [0, 0.1) is 13.8 Å². The van der Waals surface area contributed by atoms with Gasteiger partial charge in [-0.1, -0.05) is 25.0 Å². The normalized spacial score (nSPS) is 10.3. The van der Waals surface area contributed by atoms with Crippen LogP contribution in [0.4, 0.5) is 0 Å². The zero-order valence-corrected chi connectivity index (χ0v) is 11.7. The van der Waals surface area contributed by atoms with Crippen molar-refractivity contribution < 1.29 is 14.7 Å². The van der Waals surface area contributed by atoms with E-state index in [0.29, 0.717) is 13.0 Å². The van der Waals surface area contributed by atoms with E-state index in [1.165, 1.54) is 11.1 Å². The molecule has 0 fully saturated rings. The number of benzene rings is 1. The molecule has 0 saturated heterocycles. The number of carbonyl (C=O) groups is 1. The molecule has 0 unspecified atom stereocenters. The lowest BCUT2D eigenvalue weighted by Crippen LogP contribution is -2.17. The molecule has 1 amide bonds. The Kier molecular flexibility index (Phi) is 6.97. The van der Waals surface area contributed by atoms with Crippen LogP contribution < -0.4 is 10.2 Å². The number of unbranched alkanes of at least 4 members (excludes halogenated alkanes) is 3. The number of ether oxygens (including phenoxy) is 1. The maximum absolute atomic E-state index is 10.8. The van der Waals surface area contributed by atoms with E-state index in [0.717, 1.165) is 31.4 Å². The number of hydrogen-bond donors (Lipinski definition) is 2. The molecule has 19 heavy (non-hydrogen) atoms. The van der Waals surface area contributed by atoms with Crippen LogP contribution in [-0.2, 0) is 4.79 Å². The average molecular weight is 265 g/mol. The van der Waals surface area contributed by atoms with Gasteiger partial charge in [0.1, 0.15) is 5.75 Å². The monoisotopic (exact) mass is 265 g/mol. The van der Waals surface area contributed by atoms with Crippen molar-refractivity contribution in [2.24, 2.45) is 0 Å². The van der Waals surface area contributed by atoms with Crippen LogP contribution >= 0.6 is 0 Å². The molecule has 0 aromatic heterocycles. The summed E-state index contributed by atoms with van der Waals surface area (Å²) in [6, 6.07) is 6.08. The van der Waals surface area contributed by atoms with Crippen molar-refractivity contribution in [3.63, 3.8) is 0 Å². The molecule has 0 bridgehead atoms. The number of carbonyl (C=O) groups excluding carboxylic acids is 1. The summed E-state index contributed by atoms with van der Waals surface area (Å²) in [4.78, 5) is 10.8. The third-order valence-electron chi connectivity index (χ3n) is 3.24. The van der Waals surface area contributed by atoms with Gasteiger partial charge in [-0.05, 0) is 43.9 Å². The first-order valence-corrected chi connectivity index (χ1v) is 6.77. The van der Waals surface area contributed by atoms with Gasteiger partial charge < -0.3 is 4.74 Å². The van der Waals surface area contributed by atoms with Gasteiger partial charge in [0.25, 0.3) is 0 Å². The number of hydrogen-bond acceptors (Lipinski definition) is 3. The summed E-state index contributed by atoms with van der Waals surface area (Å²) in [5.41, 5.74) is 4.08. The van der Waals surface area contributed by atoms with Crippen molar-refractivity contribution in [2.45, 2.75) is 46.0 Å². The predicted octanol–water partition coefficient (Wildman–Crippen LogP) is 3.14. The molecule has 4 heteroatoms. The summed E-state index contributed by atoms with van der Waals surface area (Å²) in [6.45, 7) is 4.85. The molecule has 0 atom stereocenters. The third kappa shape index (κ3) is 5.75. The Morgan fingerprint density at radius 3 is 2.68 bits per heavy atom. The molecular weight excluding hydrogens is 242 g/mol. The first-order valence-electron chi connectivity index (χ1n) is 6.77. The van der Waals surface area contributed by atoms with Gasteiger partial charge in [-0.15, -0.1) is 0 Å². The minimum Gasteiger partial charge on any atom is -0.493 e. The molecule has 0 radical (unpaired) electrons. The minimum atomic E-state index is -0.313. The molecule has 2 N–H and O–H groups in total. The Hall–Kier alpha value is -1.55. The quantitative estimate of drug-likeness (QED) is 0.431. The van der Waals surface area contributed by atoms with Crippen molar-refractivity contribution in [2.75, 3.05) is 6.61 Å². The van der Waals surface area contributed by atoms with Gasteiger partial charge in [0.05, 0.1) is 6.61 Å². The molecule has 0 aliphatic rings. The second-order valence-corrected chi connectivity index (χ2v) is 4.75. The van der Waals surface area contributed by atoms with E-state index in [1.807, 2.05) is 12.1 Å². The number of hydroxylamine groups is 1. The van der Waals surface area contributed by atoms with Crippen molar-refractivity contribution in [1.29, 1.82) is 0 Å². The Morgan fingerprint density at radius 1 is 1.21 bits per heavy atom. The van der Waals surface area contributed by atoms with Gasteiger partial charge in [-0.3, -0.25) is 10.0 Å². The molecular formula is C15H23NO3. The predicted molar refractivity (Wildman–Crippen MR) is 74.4 cm³/mol. The van der Waals surface area contributed by atoms with Crippen LogP contribution in [0.3, 0.4) is 0 Å². The van der Waals surface area contributed by atoms with Crippen molar-refractivity contribution in [3.8, 4) is 5.75 Å². The Morgan fingerprint density at radius 2 is 1.95 bits per heavy atom. The van der Waals surface area contributed by atoms with Gasteiger partial charge in [0, 0.05) is 6.42 Å². The lowest BCUT2D eigenvalue weighted by Gasteiger charge is -2.10. The molecule has 4 nitrogen and oxygen atoms in total. The fourth-order valence-corrected chi connectivity index (χ4v) is 1.86. The summed E-state index contributed by atoms with van der Waals surface area (Å²) in [7, 11) is 0. The number of rotatable bonds is 8. The largest absolute Gasteiger partial charge is 0.493 e. The number of aryl methyl sites for hydroxylation is 1. The zero-order valence-electron chi connectivity index (χ0n) is 11.7. The maximum atomic E-state index is 10.8. The van der Waals surface area contributed by atoms with Crippen LogP contribution in [0.2, 0.25) is 0 Å². The van der Waals surface area contributed by atoms with E-state index < -0.39 is 0 Å². The van der Waals surface area contributed by atoms with E-state index in [9.17, 15) is 4.79 Å². The lowest BCUT2D eigenvalue weighted by molar-refractivity contribution is -0.129. The number of amides is 1. The van der Waals surface area contributed by atoms with Gasteiger partial charge in [-0.2, -0.15) is 0 Å². The van der Waals surface area contributed by atoms with Gasteiger partial charge >= 0.3 is 0 Å². The van der Waals surface area contributed by atoms with E-state index in [1.54, 1.807) is 5.48 Å². The first-order chi connectivity index (χ1) is 9.15. The fraction of sp³-hybridized carbons (Fsp3) is 0.533. The SMILES string of the molecule is Cc1cccc(OCCCCCCC(=O)NO)c1C. The second kappa shape index (κ2) is 8.53. The molecule has 0 aliphatic heterocycles. The van der Waals surface area contributed by atoms with Gasteiger partial charge in [-0.25, -0.2) is 5.48 Å². The van der Waals surface area contributed by atoms with E-state index in [4.69, 9.17) is 9.94 Å². The molecule has 1 aromatic rings. The topological polar surface area (TPSA) is 58.6 Å². The fourth-order valence-electron chi connectivity index (χ4n) is 1.86. The summed E-state index contributed by atoms with van der Waals surface area (Å²) >= 11 is 0. The summed E-state index contributed by atoms with van der Waals surface area (Å²) in [5.74, 6) is 0.645. The van der Waals surface area contributed by atoms with Crippen molar-refractivity contribution >= 4 is 5.91 Å². The molecule has 106 valence electrons. The minimum absolute atomic E-state index is 0.313. The van der Waals surface area contributed by atoms with Crippen LogP contribution in [0.5, 0.6) is 5.75 Å². The van der Waals surface area contributed by atoms with E-state index in [2.05, 4.69) is 19.9 Å². The van der Waals surface area contributed by atoms with E-state index >= 15 is 0 Å². The van der Waals surface area contributed by atoms with Crippen LogP contribution in [-0.4, -0.2) is 17.7 Å². The van der Waals surface area contributed by atoms with Crippen LogP contribution in [0.15, 0.2) is 18.2 Å². The van der Waals surface area contributed by atoms with Gasteiger partial charge in [0.2, 0.25) is 5.91 Å². The van der Waals surface area contributed by atoms with Gasteiger partial charge in [0.15, 0.2) is 0 Å². The van der Waals surface area contributed by atoms with Crippen LogP contribution in [0.25, 0.3) is 0 Å². The highest BCUT2D eigenvalue weighted by Gasteiger charge is 2.01. The second-order valence-electron chi connectivity index (χ2n) is 4.75. The van der Waals surface area contributed by atoms with Crippen LogP contribution in [0.1, 0.15) is 43.2 Å². The highest BCUT2D eigenvalue weighted by Crippen LogP contribution is 2.20. The summed E-state index contributed by atoms with van der Waals surface area (Å²) in [6.07, 6.45) is 4.17. The van der Waals surface area contributed by atoms with Crippen molar-refractivity contribution in [1.82, 2.24) is 5.48 Å². The molecule has 0 spiro atoms. The lowest BCUT2D eigenvalue weighted by atomic mass is 10.1. The first kappa shape index (κ1) is 15.5. The molecule has 0 heterocycles. The molecule has 1 aromatic carbocycles. The highest BCUT2D eigenvalue weighted by atomic mass is 16.5. The molecule has 1 rings (SSSR count). The Labute approximate surface area is 114 Å². The number of nitrogens with one attached hydrogen (secondary N) is 1. The molecule has 0 saturated carbocycles. The van der Waals surface area contributed by atoms with Crippen molar-refractivity contribution in [3.05, 3.63) is 29.3 Å². The molecule has 0 aliphatic carbocycles. The smallest absolute Gasteiger partial charge is 0.243 e. The average Bonchev–Trinajstić information content (AvgIpc) is 2.41. The third-order valence-corrected chi connectivity index (χ3v) is 3.24. The Bertz CT molecular complexity index is 404. The standard InChI is InChI=1S/C15H23NO3/c1-12-8-7-9-14(13(12)2)19-11-6-4-3-5-10-15(17)16-18/h7-9,18H,3-6,10-11H2,1-2H3,(H,16,17). The highest BCUT2D eigenvalue weighted by molar-refractivity contribution is 5.74. The Balaban J connectivity index is 2.11. The summed E-state index contributed by atoms with van der Waals surface area (Å²) < 4.78 is 5.75. The maximum Gasteiger partial charge on any atom is 0.243 e. The zero-order chi connectivity index (χ0) is 14.1. The van der Waals surface area contributed by atoms with E-state index in [-0.39, 0.29) is 5.91 Å². The summed E-state index contributed by atoms with van der Waals surface area (Å²) in [5, 5.41) is 8.33.